The van der Waals surface area contributed by atoms with Gasteiger partial charge >= 0.3 is 5.97 Å². The lowest BCUT2D eigenvalue weighted by atomic mass is 9.84. The third-order valence-electron chi connectivity index (χ3n) is 3.80. The third kappa shape index (κ3) is 3.56. The van der Waals surface area contributed by atoms with E-state index < -0.39 is 17.9 Å². The van der Waals surface area contributed by atoms with Crippen LogP contribution in [0, 0.1) is 11.8 Å². The fourth-order valence-corrected chi connectivity index (χ4v) is 3.02. The highest BCUT2D eigenvalue weighted by Gasteiger charge is 2.40. The van der Waals surface area contributed by atoms with E-state index >= 15 is 0 Å². The number of carbonyl (C=O) groups is 2. The van der Waals surface area contributed by atoms with E-state index in [1.807, 2.05) is 26.0 Å². The SMILES string of the molecule is CC(C)CN1C(=O)CCC(C(=O)O)C1c1ccc(Cl)cc1. The lowest BCUT2D eigenvalue weighted by Crippen LogP contribution is -2.46. The summed E-state index contributed by atoms with van der Waals surface area (Å²) in [5, 5.41) is 10.1. The van der Waals surface area contributed by atoms with E-state index in [-0.39, 0.29) is 11.8 Å². The van der Waals surface area contributed by atoms with E-state index in [0.29, 0.717) is 24.4 Å². The largest absolute Gasteiger partial charge is 0.481 e. The topological polar surface area (TPSA) is 57.6 Å². The number of carboxylic acids is 1. The average Bonchev–Trinajstić information content (AvgIpc) is 2.41. The number of nitrogens with zero attached hydrogens (tertiary/aromatic N) is 1. The first-order valence-corrected chi connectivity index (χ1v) is 7.55. The predicted molar refractivity (Wildman–Crippen MR) is 81.1 cm³/mol. The zero-order chi connectivity index (χ0) is 15.6. The highest BCUT2D eigenvalue weighted by atomic mass is 35.5. The van der Waals surface area contributed by atoms with Crippen LogP contribution in [0.25, 0.3) is 0 Å². The Morgan fingerprint density at radius 3 is 2.52 bits per heavy atom. The smallest absolute Gasteiger partial charge is 0.308 e. The Bertz CT molecular complexity index is 527. The van der Waals surface area contributed by atoms with Crippen molar-refractivity contribution in [2.24, 2.45) is 11.8 Å². The number of piperidine rings is 1. The second kappa shape index (κ2) is 6.48. The van der Waals surface area contributed by atoms with Crippen LogP contribution in [-0.2, 0) is 9.59 Å². The van der Waals surface area contributed by atoms with Crippen LogP contribution in [-0.4, -0.2) is 28.4 Å². The minimum Gasteiger partial charge on any atom is -0.481 e. The Hall–Kier alpha value is -1.55. The number of amides is 1. The van der Waals surface area contributed by atoms with E-state index in [1.165, 1.54) is 0 Å². The molecule has 1 heterocycles. The predicted octanol–water partition coefficient (Wildman–Crippen LogP) is 3.36. The molecule has 1 N–H and O–H groups in total. The summed E-state index contributed by atoms with van der Waals surface area (Å²) in [5.41, 5.74) is 0.834. The quantitative estimate of drug-likeness (QED) is 0.927. The molecule has 1 aliphatic rings. The van der Waals surface area contributed by atoms with Gasteiger partial charge < -0.3 is 10.0 Å². The van der Waals surface area contributed by atoms with E-state index in [0.717, 1.165) is 5.56 Å². The highest BCUT2D eigenvalue weighted by Crippen LogP contribution is 2.37. The number of hydrogen-bond donors (Lipinski definition) is 1. The minimum absolute atomic E-state index is 0.0288. The van der Waals surface area contributed by atoms with Crippen molar-refractivity contribution in [1.82, 2.24) is 4.90 Å². The average molecular weight is 310 g/mol. The first-order valence-electron chi connectivity index (χ1n) is 7.18. The zero-order valence-corrected chi connectivity index (χ0v) is 13.0. The lowest BCUT2D eigenvalue weighted by Gasteiger charge is -2.40. The second-order valence-corrected chi connectivity index (χ2v) is 6.36. The van der Waals surface area contributed by atoms with E-state index in [2.05, 4.69) is 0 Å². The number of benzene rings is 1. The number of carbonyl (C=O) groups excluding carboxylic acids is 1. The van der Waals surface area contributed by atoms with Crippen LogP contribution in [0.1, 0.15) is 38.3 Å². The van der Waals surface area contributed by atoms with Gasteiger partial charge in [0.2, 0.25) is 5.91 Å². The lowest BCUT2D eigenvalue weighted by molar-refractivity contribution is -0.152. The summed E-state index contributed by atoms with van der Waals surface area (Å²) in [5.74, 6) is -1.10. The van der Waals surface area contributed by atoms with Gasteiger partial charge in [-0.25, -0.2) is 0 Å². The highest BCUT2D eigenvalue weighted by molar-refractivity contribution is 6.30. The number of rotatable bonds is 4. The maximum absolute atomic E-state index is 12.3. The van der Waals surface area contributed by atoms with E-state index in [1.54, 1.807) is 17.0 Å². The Kier molecular flexibility index (Phi) is 4.88. The van der Waals surface area contributed by atoms with Gasteiger partial charge in [-0.15, -0.1) is 0 Å². The molecule has 21 heavy (non-hydrogen) atoms. The molecule has 0 radical (unpaired) electrons. The molecular weight excluding hydrogens is 290 g/mol. The van der Waals surface area contributed by atoms with Crippen LogP contribution in [0.4, 0.5) is 0 Å². The number of hydrogen-bond acceptors (Lipinski definition) is 2. The molecule has 0 aliphatic carbocycles. The van der Waals surface area contributed by atoms with E-state index in [9.17, 15) is 14.7 Å². The monoisotopic (exact) mass is 309 g/mol. The van der Waals surface area contributed by atoms with Crippen molar-refractivity contribution in [3.05, 3.63) is 34.9 Å². The van der Waals surface area contributed by atoms with Gasteiger partial charge in [0.25, 0.3) is 0 Å². The second-order valence-electron chi connectivity index (χ2n) is 5.92. The van der Waals surface area contributed by atoms with Gasteiger partial charge in [-0.05, 0) is 30.0 Å². The van der Waals surface area contributed by atoms with Gasteiger partial charge in [-0.1, -0.05) is 37.6 Å². The fraction of sp³-hybridized carbons (Fsp3) is 0.500. The molecule has 0 saturated carbocycles. The summed E-state index contributed by atoms with van der Waals surface area (Å²) in [7, 11) is 0. The molecule has 1 aromatic carbocycles. The van der Waals surface area contributed by atoms with Crippen molar-refractivity contribution in [2.75, 3.05) is 6.54 Å². The van der Waals surface area contributed by atoms with Crippen molar-refractivity contribution in [2.45, 2.75) is 32.7 Å². The minimum atomic E-state index is -0.851. The Labute approximate surface area is 129 Å². The molecule has 0 aromatic heterocycles. The Morgan fingerprint density at radius 1 is 1.38 bits per heavy atom. The summed E-state index contributed by atoms with van der Waals surface area (Å²) in [6.45, 7) is 4.61. The number of carboxylic acid groups (broad SMARTS) is 1. The molecule has 1 fully saturated rings. The molecule has 114 valence electrons. The summed E-state index contributed by atoms with van der Waals surface area (Å²) in [6, 6.07) is 6.69. The fourth-order valence-electron chi connectivity index (χ4n) is 2.89. The Morgan fingerprint density at radius 2 is 2.00 bits per heavy atom. The molecule has 1 aliphatic heterocycles. The maximum Gasteiger partial charge on any atom is 0.308 e. The van der Waals surface area contributed by atoms with Gasteiger partial charge in [-0.3, -0.25) is 9.59 Å². The van der Waals surface area contributed by atoms with Crippen molar-refractivity contribution in [3.63, 3.8) is 0 Å². The van der Waals surface area contributed by atoms with E-state index in [4.69, 9.17) is 11.6 Å². The van der Waals surface area contributed by atoms with Gasteiger partial charge in [0.15, 0.2) is 0 Å². The van der Waals surface area contributed by atoms with Crippen molar-refractivity contribution in [1.29, 1.82) is 0 Å². The standard InChI is InChI=1S/C16H20ClNO3/c1-10(2)9-18-14(19)8-7-13(16(20)21)15(18)11-3-5-12(17)6-4-11/h3-6,10,13,15H,7-9H2,1-2H3,(H,20,21). The molecule has 0 spiro atoms. The van der Waals surface area contributed by atoms with Crippen LogP contribution in [0.5, 0.6) is 0 Å². The van der Waals surface area contributed by atoms with Crippen LogP contribution in [0.3, 0.4) is 0 Å². The molecule has 0 bridgehead atoms. The maximum atomic E-state index is 12.3. The van der Waals surface area contributed by atoms with Crippen LogP contribution in [0.15, 0.2) is 24.3 Å². The summed E-state index contributed by atoms with van der Waals surface area (Å²) >= 11 is 5.90. The first kappa shape index (κ1) is 15.8. The van der Waals surface area contributed by atoms with Gasteiger partial charge in [0, 0.05) is 18.0 Å². The van der Waals surface area contributed by atoms with Gasteiger partial charge in [-0.2, -0.15) is 0 Å². The van der Waals surface area contributed by atoms with Gasteiger partial charge in [0.05, 0.1) is 12.0 Å². The molecule has 5 heteroatoms. The van der Waals surface area contributed by atoms with Crippen LogP contribution in [0.2, 0.25) is 5.02 Å². The molecule has 2 rings (SSSR count). The molecule has 1 saturated heterocycles. The normalized spacial score (nSPS) is 22.7. The molecule has 1 amide bonds. The summed E-state index contributed by atoms with van der Waals surface area (Å²) in [6.07, 6.45) is 0.684. The molecule has 1 aromatic rings. The zero-order valence-electron chi connectivity index (χ0n) is 12.3. The summed E-state index contributed by atoms with van der Waals surface area (Å²) in [4.78, 5) is 25.6. The Balaban J connectivity index is 2.40. The van der Waals surface area contributed by atoms with Crippen LogP contribution >= 0.6 is 11.6 Å². The molecule has 2 atom stereocenters. The molecule has 2 unspecified atom stereocenters. The van der Waals surface area contributed by atoms with Gasteiger partial charge in [0.1, 0.15) is 0 Å². The number of aliphatic carboxylic acids is 1. The van der Waals surface area contributed by atoms with Crippen molar-refractivity contribution in [3.8, 4) is 0 Å². The summed E-state index contributed by atoms with van der Waals surface area (Å²) < 4.78 is 0. The third-order valence-corrected chi connectivity index (χ3v) is 4.05. The first-order chi connectivity index (χ1) is 9.90. The molecular formula is C16H20ClNO3. The van der Waals surface area contributed by atoms with Crippen molar-refractivity contribution >= 4 is 23.5 Å². The number of halogens is 1. The number of likely N-dealkylation sites (tertiary alicyclic amines) is 1. The molecule has 4 nitrogen and oxygen atoms in total. The van der Waals surface area contributed by atoms with Crippen LogP contribution < -0.4 is 0 Å². The van der Waals surface area contributed by atoms with Crippen molar-refractivity contribution < 1.29 is 14.7 Å².